The maximum atomic E-state index is 13.3. The third kappa shape index (κ3) is 6.62. The first-order valence-electron chi connectivity index (χ1n) is 9.98. The summed E-state index contributed by atoms with van der Waals surface area (Å²) in [6.45, 7) is 1.69. The summed E-state index contributed by atoms with van der Waals surface area (Å²) in [4.78, 5) is 30.0. The molecule has 30 heavy (non-hydrogen) atoms. The fourth-order valence-corrected chi connectivity index (χ4v) is 4.12. The van der Waals surface area contributed by atoms with E-state index in [1.807, 2.05) is 17.5 Å². The Morgan fingerprint density at radius 3 is 2.60 bits per heavy atom. The van der Waals surface area contributed by atoms with Crippen molar-refractivity contribution in [3.05, 3.63) is 58.0 Å². The maximum Gasteiger partial charge on any atom is 0.249 e. The van der Waals surface area contributed by atoms with Gasteiger partial charge in [0.1, 0.15) is 12.4 Å². The molecule has 0 spiro atoms. The molecule has 1 aromatic heterocycles. The molecule has 8 heteroatoms. The van der Waals surface area contributed by atoms with E-state index in [0.717, 1.165) is 23.3 Å². The Morgan fingerprint density at radius 1 is 1.17 bits per heavy atom. The van der Waals surface area contributed by atoms with E-state index in [1.165, 1.54) is 24.1 Å². The van der Waals surface area contributed by atoms with Crippen molar-refractivity contribution in [1.82, 2.24) is 9.80 Å². The highest BCUT2D eigenvalue weighted by Crippen LogP contribution is 2.17. The van der Waals surface area contributed by atoms with E-state index in [0.29, 0.717) is 26.2 Å². The van der Waals surface area contributed by atoms with Crippen LogP contribution in [0.25, 0.3) is 0 Å². The van der Waals surface area contributed by atoms with Crippen LogP contribution in [0.5, 0.6) is 0 Å². The maximum absolute atomic E-state index is 13.3. The van der Waals surface area contributed by atoms with E-state index in [4.69, 9.17) is 9.47 Å². The molecule has 0 N–H and O–H groups in total. The van der Waals surface area contributed by atoms with E-state index in [1.54, 1.807) is 28.4 Å². The van der Waals surface area contributed by atoms with Crippen molar-refractivity contribution in [2.45, 2.75) is 32.0 Å². The minimum absolute atomic E-state index is 0.0470. The molecular formula is C22H27FN2O4S. The second-order valence-electron chi connectivity index (χ2n) is 7.30. The predicted octanol–water partition coefficient (Wildman–Crippen LogP) is 3.07. The molecule has 1 aromatic carbocycles. The van der Waals surface area contributed by atoms with Crippen molar-refractivity contribution in [2.75, 3.05) is 33.4 Å². The van der Waals surface area contributed by atoms with E-state index >= 15 is 0 Å². The number of rotatable bonds is 10. The van der Waals surface area contributed by atoms with Crippen LogP contribution in [0, 0.1) is 5.82 Å². The van der Waals surface area contributed by atoms with Crippen LogP contribution in [-0.2, 0) is 32.2 Å². The van der Waals surface area contributed by atoms with Crippen molar-refractivity contribution >= 4 is 23.2 Å². The second kappa shape index (κ2) is 11.2. The average Bonchev–Trinajstić information content (AvgIpc) is 3.43. The van der Waals surface area contributed by atoms with Gasteiger partial charge in [-0.05, 0) is 42.0 Å². The molecule has 1 aliphatic heterocycles. The smallest absolute Gasteiger partial charge is 0.249 e. The summed E-state index contributed by atoms with van der Waals surface area (Å²) < 4.78 is 23.9. The SMILES string of the molecule is COCC(=O)N(CC(=O)N(Cc1ccc(F)cc1)Cc1cccs1)CC1CCCO1. The van der Waals surface area contributed by atoms with Crippen LogP contribution in [-0.4, -0.2) is 61.1 Å². The number of benzene rings is 1. The third-order valence-electron chi connectivity index (χ3n) is 4.96. The molecule has 2 heterocycles. The molecule has 1 atom stereocenters. The third-order valence-corrected chi connectivity index (χ3v) is 5.82. The molecule has 1 fully saturated rings. The fraction of sp³-hybridized carbons (Fsp3) is 0.455. The Bertz CT molecular complexity index is 807. The van der Waals surface area contributed by atoms with Crippen LogP contribution < -0.4 is 0 Å². The highest BCUT2D eigenvalue weighted by molar-refractivity contribution is 7.09. The Morgan fingerprint density at radius 2 is 1.97 bits per heavy atom. The lowest BCUT2D eigenvalue weighted by molar-refractivity contribution is -0.144. The van der Waals surface area contributed by atoms with Gasteiger partial charge in [0.15, 0.2) is 0 Å². The molecule has 0 aliphatic carbocycles. The average molecular weight is 435 g/mol. The van der Waals surface area contributed by atoms with Crippen molar-refractivity contribution in [2.24, 2.45) is 0 Å². The summed E-state index contributed by atoms with van der Waals surface area (Å²) >= 11 is 1.57. The molecule has 1 saturated heterocycles. The number of carbonyl (C=O) groups excluding carboxylic acids is 2. The lowest BCUT2D eigenvalue weighted by Crippen LogP contribution is -2.46. The highest BCUT2D eigenvalue weighted by atomic mass is 32.1. The van der Waals surface area contributed by atoms with Gasteiger partial charge in [0.2, 0.25) is 11.8 Å². The van der Waals surface area contributed by atoms with Gasteiger partial charge in [0, 0.05) is 31.7 Å². The first-order chi connectivity index (χ1) is 14.5. The molecule has 1 unspecified atom stereocenters. The van der Waals surface area contributed by atoms with Crippen molar-refractivity contribution in [3.63, 3.8) is 0 Å². The molecule has 2 amide bonds. The zero-order valence-corrected chi connectivity index (χ0v) is 17.9. The topological polar surface area (TPSA) is 59.1 Å². The van der Waals surface area contributed by atoms with Gasteiger partial charge in [0.05, 0.1) is 19.2 Å². The van der Waals surface area contributed by atoms with Gasteiger partial charge in [-0.1, -0.05) is 18.2 Å². The zero-order chi connectivity index (χ0) is 21.3. The molecule has 0 bridgehead atoms. The Balaban J connectivity index is 1.72. The number of carbonyl (C=O) groups is 2. The van der Waals surface area contributed by atoms with Crippen LogP contribution in [0.2, 0.25) is 0 Å². The number of halogens is 1. The van der Waals surface area contributed by atoms with Gasteiger partial charge in [-0.3, -0.25) is 9.59 Å². The number of hydrogen-bond donors (Lipinski definition) is 0. The summed E-state index contributed by atoms with van der Waals surface area (Å²) in [7, 11) is 1.46. The fourth-order valence-electron chi connectivity index (χ4n) is 3.40. The van der Waals surface area contributed by atoms with Gasteiger partial charge >= 0.3 is 0 Å². The Kier molecular flexibility index (Phi) is 8.36. The number of nitrogens with zero attached hydrogens (tertiary/aromatic N) is 2. The van der Waals surface area contributed by atoms with Crippen molar-refractivity contribution in [1.29, 1.82) is 0 Å². The van der Waals surface area contributed by atoms with Gasteiger partial charge in [-0.25, -0.2) is 4.39 Å². The highest BCUT2D eigenvalue weighted by Gasteiger charge is 2.26. The van der Waals surface area contributed by atoms with Gasteiger partial charge in [-0.15, -0.1) is 11.3 Å². The molecule has 1 aliphatic rings. The molecular weight excluding hydrogens is 407 g/mol. The van der Waals surface area contributed by atoms with Crippen molar-refractivity contribution < 1.29 is 23.5 Å². The largest absolute Gasteiger partial charge is 0.376 e. The number of ether oxygens (including phenoxy) is 2. The number of amides is 2. The lowest BCUT2D eigenvalue weighted by Gasteiger charge is -2.29. The van der Waals surface area contributed by atoms with E-state index in [2.05, 4.69) is 0 Å². The summed E-state index contributed by atoms with van der Waals surface area (Å²) in [5.74, 6) is -0.725. The lowest BCUT2D eigenvalue weighted by atomic mass is 10.2. The summed E-state index contributed by atoms with van der Waals surface area (Å²) in [5, 5.41) is 1.96. The number of hydrogen-bond acceptors (Lipinski definition) is 5. The molecule has 2 aromatic rings. The van der Waals surface area contributed by atoms with Crippen LogP contribution in [0.3, 0.4) is 0 Å². The van der Waals surface area contributed by atoms with E-state index in [-0.39, 0.29) is 36.9 Å². The standard InChI is InChI=1S/C22H27FN2O4S/c1-28-16-22(27)25(13-19-4-2-10-29-19)15-21(26)24(14-20-5-3-11-30-20)12-17-6-8-18(23)9-7-17/h3,5-9,11,19H,2,4,10,12-16H2,1H3. The Hall–Kier alpha value is -2.29. The summed E-state index contributed by atoms with van der Waals surface area (Å²) in [5.41, 5.74) is 0.829. The van der Waals surface area contributed by atoms with Gasteiger partial charge < -0.3 is 19.3 Å². The first-order valence-corrected chi connectivity index (χ1v) is 10.9. The zero-order valence-electron chi connectivity index (χ0n) is 17.1. The summed E-state index contributed by atoms with van der Waals surface area (Å²) in [6.07, 6.45) is 1.78. The number of methoxy groups -OCH3 is 1. The molecule has 162 valence electrons. The predicted molar refractivity (Wildman–Crippen MR) is 112 cm³/mol. The Labute approximate surface area is 180 Å². The van der Waals surface area contributed by atoms with Crippen LogP contribution >= 0.6 is 11.3 Å². The van der Waals surface area contributed by atoms with E-state index in [9.17, 15) is 14.0 Å². The normalized spacial score (nSPS) is 15.9. The van der Waals surface area contributed by atoms with Crippen LogP contribution in [0.4, 0.5) is 4.39 Å². The minimum Gasteiger partial charge on any atom is -0.376 e. The van der Waals surface area contributed by atoms with Crippen LogP contribution in [0.15, 0.2) is 41.8 Å². The molecule has 0 saturated carbocycles. The number of thiophene rings is 1. The van der Waals surface area contributed by atoms with Crippen molar-refractivity contribution in [3.8, 4) is 0 Å². The van der Waals surface area contributed by atoms with E-state index < -0.39 is 0 Å². The molecule has 3 rings (SSSR count). The summed E-state index contributed by atoms with van der Waals surface area (Å²) in [6, 6.07) is 10.0. The molecule has 6 nitrogen and oxygen atoms in total. The molecule has 0 radical (unpaired) electrons. The van der Waals surface area contributed by atoms with Gasteiger partial charge in [-0.2, -0.15) is 0 Å². The van der Waals surface area contributed by atoms with Crippen LogP contribution in [0.1, 0.15) is 23.3 Å². The first kappa shape index (κ1) is 22.4. The van der Waals surface area contributed by atoms with Gasteiger partial charge in [0.25, 0.3) is 0 Å². The second-order valence-corrected chi connectivity index (χ2v) is 8.33. The minimum atomic E-state index is -0.317. The quantitative estimate of drug-likeness (QED) is 0.577. The monoisotopic (exact) mass is 434 g/mol.